The number of carbonyl (C=O) groups is 1. The van der Waals surface area contributed by atoms with Crippen molar-refractivity contribution in [3.8, 4) is 0 Å². The minimum absolute atomic E-state index is 0.0796. The minimum atomic E-state index is -2.99. The van der Waals surface area contributed by atoms with Crippen molar-refractivity contribution < 1.29 is 13.2 Å². The van der Waals surface area contributed by atoms with E-state index in [0.717, 1.165) is 0 Å². The summed E-state index contributed by atoms with van der Waals surface area (Å²) in [6.07, 6.45) is 0.533. The lowest BCUT2D eigenvalue weighted by molar-refractivity contribution is 0.100. The van der Waals surface area contributed by atoms with Gasteiger partial charge < -0.3 is 16.8 Å². The molecule has 1 aliphatic heterocycles. The Labute approximate surface area is 112 Å². The number of hydrogen-bond donors (Lipinski definition) is 3. The molecule has 1 aliphatic rings. The second kappa shape index (κ2) is 4.41. The lowest BCUT2D eigenvalue weighted by atomic mass is 10.0. The van der Waals surface area contributed by atoms with Gasteiger partial charge in [-0.1, -0.05) is 0 Å². The lowest BCUT2D eigenvalue weighted by Crippen LogP contribution is -2.36. The summed E-state index contributed by atoms with van der Waals surface area (Å²) in [6, 6.07) is 4.83. The predicted octanol–water partition coefficient (Wildman–Crippen LogP) is 0.357. The molecule has 1 saturated heterocycles. The van der Waals surface area contributed by atoms with Crippen LogP contribution < -0.4 is 16.8 Å². The average Bonchev–Trinajstić information content (AvgIpc) is 2.55. The van der Waals surface area contributed by atoms with Crippen LogP contribution in [-0.4, -0.2) is 31.4 Å². The number of rotatable bonds is 3. The molecule has 1 unspecified atom stereocenters. The average molecular weight is 283 g/mol. The van der Waals surface area contributed by atoms with Crippen molar-refractivity contribution in [2.75, 3.05) is 22.6 Å². The summed E-state index contributed by atoms with van der Waals surface area (Å²) in [5.41, 5.74) is 11.5. The van der Waals surface area contributed by atoms with E-state index < -0.39 is 21.3 Å². The molecule has 1 fully saturated rings. The Morgan fingerprint density at radius 2 is 2.11 bits per heavy atom. The molecule has 1 aromatic rings. The zero-order valence-corrected chi connectivity index (χ0v) is 11.5. The van der Waals surface area contributed by atoms with Gasteiger partial charge in [0.15, 0.2) is 9.84 Å². The first kappa shape index (κ1) is 13.7. The molecule has 0 spiro atoms. The van der Waals surface area contributed by atoms with E-state index in [1.54, 1.807) is 18.2 Å². The van der Waals surface area contributed by atoms with Gasteiger partial charge in [0.05, 0.1) is 17.1 Å². The van der Waals surface area contributed by atoms with Gasteiger partial charge in [0, 0.05) is 16.9 Å². The number of nitrogens with one attached hydrogen (secondary N) is 1. The minimum Gasteiger partial charge on any atom is -0.398 e. The van der Waals surface area contributed by atoms with Crippen molar-refractivity contribution in [1.82, 2.24) is 0 Å². The zero-order valence-electron chi connectivity index (χ0n) is 10.6. The van der Waals surface area contributed by atoms with E-state index >= 15 is 0 Å². The van der Waals surface area contributed by atoms with Crippen LogP contribution in [-0.2, 0) is 9.84 Å². The SMILES string of the molecule is CC1(Nc2ccc(N)c(C(N)=O)c2)CCS(=O)(=O)C1. The van der Waals surface area contributed by atoms with Gasteiger partial charge in [-0.2, -0.15) is 0 Å². The molecule has 1 atom stereocenters. The Morgan fingerprint density at radius 3 is 2.63 bits per heavy atom. The number of primary amides is 1. The molecule has 0 radical (unpaired) electrons. The molecule has 6 nitrogen and oxygen atoms in total. The topological polar surface area (TPSA) is 115 Å². The van der Waals surface area contributed by atoms with Gasteiger partial charge in [0.25, 0.3) is 5.91 Å². The largest absolute Gasteiger partial charge is 0.398 e. The van der Waals surface area contributed by atoms with Crippen molar-refractivity contribution in [2.24, 2.45) is 5.73 Å². The van der Waals surface area contributed by atoms with Crippen LogP contribution in [0, 0.1) is 0 Å². The Balaban J connectivity index is 2.25. The first-order valence-corrected chi connectivity index (χ1v) is 7.71. The van der Waals surface area contributed by atoms with Crippen molar-refractivity contribution in [1.29, 1.82) is 0 Å². The Hall–Kier alpha value is -1.76. The number of sulfone groups is 1. The van der Waals surface area contributed by atoms with Gasteiger partial charge in [-0.05, 0) is 31.5 Å². The number of hydrogen-bond acceptors (Lipinski definition) is 5. The maximum absolute atomic E-state index is 11.5. The molecule has 19 heavy (non-hydrogen) atoms. The second-order valence-corrected chi connectivity index (χ2v) is 7.38. The van der Waals surface area contributed by atoms with Crippen molar-refractivity contribution in [3.63, 3.8) is 0 Å². The number of anilines is 2. The number of nitrogens with two attached hydrogens (primary N) is 2. The Bertz CT molecular complexity index is 627. The fourth-order valence-corrected chi connectivity index (χ4v) is 4.40. The van der Waals surface area contributed by atoms with Gasteiger partial charge in [0.2, 0.25) is 0 Å². The standard InChI is InChI=1S/C12H17N3O3S/c1-12(4-5-19(17,18)7-12)15-8-2-3-10(13)9(6-8)11(14)16/h2-3,6,15H,4-5,7,13H2,1H3,(H2,14,16). The Kier molecular flexibility index (Phi) is 3.17. The first-order valence-electron chi connectivity index (χ1n) is 5.89. The van der Waals surface area contributed by atoms with Gasteiger partial charge in [-0.15, -0.1) is 0 Å². The number of carbonyl (C=O) groups excluding carboxylic acids is 1. The van der Waals surface area contributed by atoms with E-state index in [0.29, 0.717) is 17.8 Å². The molecule has 104 valence electrons. The highest BCUT2D eigenvalue weighted by atomic mass is 32.2. The summed E-state index contributed by atoms with van der Waals surface area (Å²) < 4.78 is 23.1. The smallest absolute Gasteiger partial charge is 0.250 e. The maximum atomic E-state index is 11.5. The van der Waals surface area contributed by atoms with Crippen LogP contribution in [0.5, 0.6) is 0 Å². The summed E-state index contributed by atoms with van der Waals surface area (Å²) >= 11 is 0. The van der Waals surface area contributed by atoms with E-state index in [1.165, 1.54) is 0 Å². The van der Waals surface area contributed by atoms with E-state index in [-0.39, 0.29) is 17.1 Å². The molecule has 2 rings (SSSR count). The maximum Gasteiger partial charge on any atom is 0.250 e. The highest BCUT2D eigenvalue weighted by Gasteiger charge is 2.38. The third-order valence-corrected chi connectivity index (χ3v) is 5.17. The van der Waals surface area contributed by atoms with E-state index in [4.69, 9.17) is 11.5 Å². The van der Waals surface area contributed by atoms with Crippen LogP contribution in [0.4, 0.5) is 11.4 Å². The lowest BCUT2D eigenvalue weighted by Gasteiger charge is -2.25. The van der Waals surface area contributed by atoms with E-state index in [2.05, 4.69) is 5.32 Å². The van der Waals surface area contributed by atoms with Crippen LogP contribution in [0.2, 0.25) is 0 Å². The van der Waals surface area contributed by atoms with Gasteiger partial charge in [-0.25, -0.2) is 8.42 Å². The van der Waals surface area contributed by atoms with Gasteiger partial charge in [0.1, 0.15) is 0 Å². The summed E-state index contributed by atoms with van der Waals surface area (Å²) in [4.78, 5) is 11.2. The van der Waals surface area contributed by atoms with Crippen molar-refractivity contribution in [2.45, 2.75) is 18.9 Å². The quantitative estimate of drug-likeness (QED) is 0.693. The van der Waals surface area contributed by atoms with Crippen LogP contribution >= 0.6 is 0 Å². The molecule has 1 heterocycles. The molecule has 5 N–H and O–H groups in total. The van der Waals surface area contributed by atoms with E-state index in [9.17, 15) is 13.2 Å². The summed E-state index contributed by atoms with van der Waals surface area (Å²) in [5, 5.41) is 3.15. The summed E-state index contributed by atoms with van der Waals surface area (Å²) in [7, 11) is -2.99. The summed E-state index contributed by atoms with van der Waals surface area (Å²) in [6.45, 7) is 1.85. The molecule has 7 heteroatoms. The molecule has 1 amide bonds. The fourth-order valence-electron chi connectivity index (χ4n) is 2.30. The first-order chi connectivity index (χ1) is 8.71. The molecular weight excluding hydrogens is 266 g/mol. The van der Waals surface area contributed by atoms with Crippen molar-refractivity contribution >= 4 is 27.1 Å². The van der Waals surface area contributed by atoms with Crippen LogP contribution in [0.1, 0.15) is 23.7 Å². The molecule has 0 aliphatic carbocycles. The number of nitrogen functional groups attached to an aromatic ring is 1. The van der Waals surface area contributed by atoms with E-state index in [1.807, 2.05) is 6.92 Å². The highest BCUT2D eigenvalue weighted by molar-refractivity contribution is 7.91. The van der Waals surface area contributed by atoms with Crippen LogP contribution in [0.15, 0.2) is 18.2 Å². The number of amides is 1. The third kappa shape index (κ3) is 2.98. The number of benzene rings is 1. The fraction of sp³-hybridized carbons (Fsp3) is 0.417. The third-order valence-electron chi connectivity index (χ3n) is 3.27. The van der Waals surface area contributed by atoms with Crippen molar-refractivity contribution in [3.05, 3.63) is 23.8 Å². The summed E-state index contributed by atoms with van der Waals surface area (Å²) in [5.74, 6) is -0.352. The van der Waals surface area contributed by atoms with Gasteiger partial charge >= 0.3 is 0 Å². The van der Waals surface area contributed by atoms with Crippen LogP contribution in [0.3, 0.4) is 0 Å². The molecule has 0 aromatic heterocycles. The normalized spacial score (nSPS) is 25.1. The van der Waals surface area contributed by atoms with Crippen LogP contribution in [0.25, 0.3) is 0 Å². The highest BCUT2D eigenvalue weighted by Crippen LogP contribution is 2.28. The van der Waals surface area contributed by atoms with Gasteiger partial charge in [-0.3, -0.25) is 4.79 Å². The zero-order chi connectivity index (χ0) is 14.3. The monoisotopic (exact) mass is 283 g/mol. The Morgan fingerprint density at radius 1 is 1.42 bits per heavy atom. The molecule has 1 aromatic carbocycles. The second-order valence-electron chi connectivity index (χ2n) is 5.19. The predicted molar refractivity (Wildman–Crippen MR) is 74.7 cm³/mol. The molecular formula is C12H17N3O3S. The molecule has 0 saturated carbocycles. The molecule has 0 bridgehead atoms.